The first kappa shape index (κ1) is 30.7. The van der Waals surface area contributed by atoms with E-state index in [1.165, 1.54) is 47.5 Å². The molecule has 7 aromatic carbocycles. The summed E-state index contributed by atoms with van der Waals surface area (Å²) in [6.07, 6.45) is 0. The Morgan fingerprint density at radius 3 is 1.87 bits per heavy atom. The van der Waals surface area contributed by atoms with Gasteiger partial charge in [0, 0.05) is 53.1 Å². The smallest absolute Gasteiger partial charge is 0.179 e. The Morgan fingerprint density at radius 1 is 0.370 bits per heavy atom. The second kappa shape index (κ2) is 12.3. The van der Waals surface area contributed by atoms with Gasteiger partial charge in [0.05, 0.1) is 27.9 Å². The molecule has 11 rings (SSSR count). The number of aromatic nitrogens is 4. The van der Waals surface area contributed by atoms with Crippen LogP contribution in [0.5, 0.6) is 0 Å². The second-order valence-corrected chi connectivity index (χ2v) is 14.7. The van der Waals surface area contributed by atoms with Crippen LogP contribution in [0.2, 0.25) is 0 Å². The van der Waals surface area contributed by atoms with Crippen molar-refractivity contribution in [3.8, 4) is 50.8 Å². The molecule has 0 radical (unpaired) electrons. The van der Waals surface area contributed by atoms with Gasteiger partial charge in [0.25, 0.3) is 0 Å². The molecule has 0 aliphatic carbocycles. The number of thiophene rings is 1. The van der Waals surface area contributed by atoms with Gasteiger partial charge < -0.3 is 4.57 Å². The Labute approximate surface area is 315 Å². The summed E-state index contributed by atoms with van der Waals surface area (Å²) in [6.45, 7) is 0. The van der Waals surface area contributed by atoms with Crippen molar-refractivity contribution < 1.29 is 0 Å². The number of hydrogen-bond donors (Lipinski definition) is 0. The van der Waals surface area contributed by atoms with Crippen LogP contribution in [-0.2, 0) is 0 Å². The van der Waals surface area contributed by atoms with Crippen LogP contribution in [0.15, 0.2) is 182 Å². The van der Waals surface area contributed by atoms with Crippen LogP contribution >= 0.6 is 11.3 Å². The van der Waals surface area contributed by atoms with Crippen LogP contribution in [0.3, 0.4) is 0 Å². The predicted octanol–water partition coefficient (Wildman–Crippen LogP) is 13.2. The van der Waals surface area contributed by atoms with E-state index in [2.05, 4.69) is 144 Å². The van der Waals surface area contributed by atoms with Gasteiger partial charge in [-0.2, -0.15) is 0 Å². The minimum absolute atomic E-state index is 0.606. The Kier molecular flexibility index (Phi) is 7.00. The van der Waals surface area contributed by atoms with Gasteiger partial charge in [0.1, 0.15) is 5.69 Å². The quantitative estimate of drug-likeness (QED) is 0.179. The normalized spacial score (nSPS) is 11.7. The maximum Gasteiger partial charge on any atom is 0.179 e. The molecule has 0 saturated heterocycles. The highest BCUT2D eigenvalue weighted by Crippen LogP contribution is 2.42. The lowest BCUT2D eigenvalue weighted by molar-refractivity contribution is 1.16. The maximum atomic E-state index is 5.08. The summed E-state index contributed by atoms with van der Waals surface area (Å²) in [5.41, 5.74) is 11.3. The van der Waals surface area contributed by atoms with Gasteiger partial charge in [0.15, 0.2) is 5.82 Å². The molecule has 4 nitrogen and oxygen atoms in total. The average Bonchev–Trinajstić information content (AvgIpc) is 3.77. The van der Waals surface area contributed by atoms with E-state index in [0.29, 0.717) is 5.82 Å². The van der Waals surface area contributed by atoms with Gasteiger partial charge >= 0.3 is 0 Å². The van der Waals surface area contributed by atoms with E-state index in [9.17, 15) is 0 Å². The van der Waals surface area contributed by atoms with Crippen molar-refractivity contribution in [1.29, 1.82) is 0 Å². The van der Waals surface area contributed by atoms with Gasteiger partial charge in [-0.05, 0) is 71.8 Å². The summed E-state index contributed by atoms with van der Waals surface area (Å²) in [5, 5.41) is 6.21. The van der Waals surface area contributed by atoms with Crippen LogP contribution in [0.4, 0.5) is 0 Å². The lowest BCUT2D eigenvalue weighted by Crippen LogP contribution is -1.97. The lowest BCUT2D eigenvalue weighted by Gasteiger charge is -2.10. The second-order valence-electron chi connectivity index (χ2n) is 13.7. The molecule has 5 heteroatoms. The fourth-order valence-corrected chi connectivity index (χ4v) is 8.89. The van der Waals surface area contributed by atoms with Crippen LogP contribution in [0.25, 0.3) is 104 Å². The van der Waals surface area contributed by atoms with Crippen LogP contribution < -0.4 is 0 Å². The first-order valence-corrected chi connectivity index (χ1v) is 18.9. The molecular formula is C49H30N4S. The molecule has 0 aliphatic heterocycles. The number of pyridine rings is 1. The third-order valence-corrected chi connectivity index (χ3v) is 11.5. The number of benzene rings is 7. The van der Waals surface area contributed by atoms with Gasteiger partial charge in [-0.25, -0.2) is 15.0 Å². The zero-order chi connectivity index (χ0) is 35.6. The summed E-state index contributed by atoms with van der Waals surface area (Å²) in [4.78, 5) is 15.0. The number of fused-ring (bicyclic) bond motifs is 7. The number of hydrogen-bond acceptors (Lipinski definition) is 4. The van der Waals surface area contributed by atoms with Crippen LogP contribution in [0.1, 0.15) is 0 Å². The molecule has 4 heterocycles. The Bertz CT molecular complexity index is 3200. The Morgan fingerprint density at radius 2 is 1.04 bits per heavy atom. The first-order chi connectivity index (χ1) is 26.7. The fraction of sp³-hybridized carbons (Fsp3) is 0. The molecule has 0 amide bonds. The van der Waals surface area contributed by atoms with Crippen molar-refractivity contribution in [2.45, 2.75) is 0 Å². The predicted molar refractivity (Wildman–Crippen MR) is 226 cm³/mol. The minimum atomic E-state index is 0.606. The van der Waals surface area contributed by atoms with Crippen molar-refractivity contribution in [3.63, 3.8) is 0 Å². The van der Waals surface area contributed by atoms with E-state index in [1.54, 1.807) is 0 Å². The molecule has 54 heavy (non-hydrogen) atoms. The summed E-state index contributed by atoms with van der Waals surface area (Å²) in [5.74, 6) is 0.606. The molecule has 0 bridgehead atoms. The van der Waals surface area contributed by atoms with Crippen molar-refractivity contribution in [3.05, 3.63) is 182 Å². The van der Waals surface area contributed by atoms with Crippen molar-refractivity contribution >= 4 is 64.2 Å². The number of nitrogens with zero attached hydrogens (tertiary/aromatic N) is 4. The van der Waals surface area contributed by atoms with Gasteiger partial charge in [-0.3, -0.25) is 0 Å². The van der Waals surface area contributed by atoms with E-state index < -0.39 is 0 Å². The number of para-hydroxylation sites is 2. The SMILES string of the molecule is c1ccc(-c2cc(-c3ccc(-c4ccc5c(c4)c4cc6sc7ccccc7c6cc4n5-c4ccccc4)cc3)nc(-c3ccc4ccccc4n3)n2)cc1. The minimum Gasteiger partial charge on any atom is -0.309 e. The highest BCUT2D eigenvalue weighted by molar-refractivity contribution is 7.25. The molecular weight excluding hydrogens is 677 g/mol. The molecule has 0 spiro atoms. The largest absolute Gasteiger partial charge is 0.309 e. The van der Waals surface area contributed by atoms with Crippen LogP contribution in [-0.4, -0.2) is 19.5 Å². The summed E-state index contributed by atoms with van der Waals surface area (Å²) < 4.78 is 5.03. The Balaban J connectivity index is 1.03. The van der Waals surface area contributed by atoms with E-state index in [1.807, 2.05) is 53.8 Å². The molecule has 0 fully saturated rings. The lowest BCUT2D eigenvalue weighted by atomic mass is 10.00. The summed E-state index contributed by atoms with van der Waals surface area (Å²) in [6, 6.07) is 64.4. The molecule has 4 aromatic heterocycles. The molecule has 0 saturated carbocycles. The van der Waals surface area contributed by atoms with Gasteiger partial charge in [0.2, 0.25) is 0 Å². The highest BCUT2D eigenvalue weighted by Gasteiger charge is 2.17. The molecule has 11 aromatic rings. The fourth-order valence-electron chi connectivity index (χ4n) is 7.76. The van der Waals surface area contributed by atoms with E-state index in [4.69, 9.17) is 15.0 Å². The highest BCUT2D eigenvalue weighted by atomic mass is 32.1. The third-order valence-electron chi connectivity index (χ3n) is 10.4. The molecule has 0 atom stereocenters. The van der Waals surface area contributed by atoms with Crippen molar-refractivity contribution in [1.82, 2.24) is 19.5 Å². The molecule has 0 aliphatic rings. The van der Waals surface area contributed by atoms with E-state index >= 15 is 0 Å². The monoisotopic (exact) mass is 706 g/mol. The van der Waals surface area contributed by atoms with E-state index in [0.717, 1.165) is 50.4 Å². The average molecular weight is 707 g/mol. The van der Waals surface area contributed by atoms with Gasteiger partial charge in [-0.1, -0.05) is 121 Å². The molecule has 0 unspecified atom stereocenters. The topological polar surface area (TPSA) is 43.6 Å². The Hall–Kier alpha value is -6.95. The van der Waals surface area contributed by atoms with Crippen molar-refractivity contribution in [2.24, 2.45) is 0 Å². The summed E-state index contributed by atoms with van der Waals surface area (Å²) >= 11 is 1.87. The van der Waals surface area contributed by atoms with Gasteiger partial charge in [-0.15, -0.1) is 11.3 Å². The third kappa shape index (κ3) is 5.09. The first-order valence-electron chi connectivity index (χ1n) is 18.1. The summed E-state index contributed by atoms with van der Waals surface area (Å²) in [7, 11) is 0. The van der Waals surface area contributed by atoms with Crippen molar-refractivity contribution in [2.75, 3.05) is 0 Å². The number of rotatable bonds is 5. The zero-order valence-corrected chi connectivity index (χ0v) is 29.8. The molecule has 0 N–H and O–H groups in total. The van der Waals surface area contributed by atoms with Crippen LogP contribution in [0, 0.1) is 0 Å². The standard InChI is InChI=1S/C49H30N4S/c1-3-11-32(12-4-1)43-30-44(52-49(51-43)42-25-23-33-13-7-9-17-41(33)50-42)34-21-19-31(20-22-34)35-24-26-45-38(27-35)39-29-48-40(37-16-8-10-18-47(37)54-48)28-46(39)53(45)36-14-5-2-6-15-36/h1-30H. The maximum absolute atomic E-state index is 5.08. The molecule has 252 valence electrons. The zero-order valence-electron chi connectivity index (χ0n) is 29.0. The van der Waals surface area contributed by atoms with E-state index in [-0.39, 0.29) is 0 Å².